The molecule has 0 saturated heterocycles. The summed E-state index contributed by atoms with van der Waals surface area (Å²) in [7, 11) is 0. The van der Waals surface area contributed by atoms with Gasteiger partial charge in [-0.1, -0.05) is 49.4 Å². The van der Waals surface area contributed by atoms with Crippen LogP contribution >= 0.6 is 0 Å². The van der Waals surface area contributed by atoms with Gasteiger partial charge in [-0.2, -0.15) is 0 Å². The number of para-hydroxylation sites is 1. The summed E-state index contributed by atoms with van der Waals surface area (Å²) < 4.78 is 5.67. The van der Waals surface area contributed by atoms with Gasteiger partial charge in [0.1, 0.15) is 5.75 Å². The lowest BCUT2D eigenvalue weighted by molar-refractivity contribution is 0.335. The largest absolute Gasteiger partial charge is 0.494 e. The van der Waals surface area contributed by atoms with Crippen LogP contribution in [-0.2, 0) is 6.42 Å². The SMILES string of the molecule is CCOc1ccccc1C(N)c1ccccc1CC. The molecule has 2 nitrogen and oxygen atoms in total. The van der Waals surface area contributed by atoms with Gasteiger partial charge in [-0.05, 0) is 30.5 Å². The maximum absolute atomic E-state index is 6.44. The average molecular weight is 255 g/mol. The van der Waals surface area contributed by atoms with E-state index in [1.807, 2.05) is 37.3 Å². The molecule has 0 aliphatic heterocycles. The van der Waals surface area contributed by atoms with E-state index in [0.717, 1.165) is 17.7 Å². The number of hydrogen-bond donors (Lipinski definition) is 1. The van der Waals surface area contributed by atoms with Crippen molar-refractivity contribution < 1.29 is 4.74 Å². The van der Waals surface area contributed by atoms with Crippen LogP contribution in [-0.4, -0.2) is 6.61 Å². The van der Waals surface area contributed by atoms with Crippen LogP contribution in [0.4, 0.5) is 0 Å². The van der Waals surface area contributed by atoms with Gasteiger partial charge in [0.15, 0.2) is 0 Å². The number of ether oxygens (including phenoxy) is 1. The van der Waals surface area contributed by atoms with Crippen molar-refractivity contribution >= 4 is 0 Å². The Morgan fingerprint density at radius 1 is 0.947 bits per heavy atom. The minimum absolute atomic E-state index is 0.140. The standard InChI is InChI=1S/C17H21NO/c1-3-13-9-5-6-10-14(13)17(18)15-11-7-8-12-16(15)19-4-2/h5-12,17H,3-4,18H2,1-2H3. The Labute approximate surface area is 115 Å². The summed E-state index contributed by atoms with van der Waals surface area (Å²) in [5, 5.41) is 0. The topological polar surface area (TPSA) is 35.2 Å². The van der Waals surface area contributed by atoms with E-state index in [-0.39, 0.29) is 6.04 Å². The van der Waals surface area contributed by atoms with Crippen LogP contribution in [0.5, 0.6) is 5.75 Å². The third kappa shape index (κ3) is 2.96. The second-order valence-electron chi connectivity index (χ2n) is 4.50. The lowest BCUT2D eigenvalue weighted by Crippen LogP contribution is -2.15. The zero-order valence-electron chi connectivity index (χ0n) is 11.6. The van der Waals surface area contributed by atoms with E-state index in [4.69, 9.17) is 10.5 Å². The molecular formula is C17H21NO. The second-order valence-corrected chi connectivity index (χ2v) is 4.50. The molecular weight excluding hydrogens is 234 g/mol. The minimum Gasteiger partial charge on any atom is -0.494 e. The molecule has 1 unspecified atom stereocenters. The molecule has 0 fully saturated rings. The summed E-state index contributed by atoms with van der Waals surface area (Å²) in [5.74, 6) is 0.878. The first-order valence-corrected chi connectivity index (χ1v) is 6.83. The molecule has 2 N–H and O–H groups in total. The Balaban J connectivity index is 2.41. The molecule has 0 aromatic heterocycles. The Bertz CT molecular complexity index is 536. The first kappa shape index (κ1) is 13.6. The number of rotatable bonds is 5. The molecule has 19 heavy (non-hydrogen) atoms. The van der Waals surface area contributed by atoms with Gasteiger partial charge in [-0.25, -0.2) is 0 Å². The van der Waals surface area contributed by atoms with Crippen LogP contribution in [0.2, 0.25) is 0 Å². The number of benzene rings is 2. The molecule has 0 heterocycles. The van der Waals surface area contributed by atoms with Crippen molar-refractivity contribution in [3.8, 4) is 5.75 Å². The Morgan fingerprint density at radius 3 is 2.26 bits per heavy atom. The average Bonchev–Trinajstić information content (AvgIpc) is 2.47. The first-order chi connectivity index (χ1) is 9.27. The smallest absolute Gasteiger partial charge is 0.124 e. The molecule has 0 saturated carbocycles. The quantitative estimate of drug-likeness (QED) is 0.884. The maximum Gasteiger partial charge on any atom is 0.124 e. The summed E-state index contributed by atoms with van der Waals surface area (Å²) >= 11 is 0. The van der Waals surface area contributed by atoms with E-state index in [1.54, 1.807) is 0 Å². The van der Waals surface area contributed by atoms with Crippen molar-refractivity contribution in [1.29, 1.82) is 0 Å². The van der Waals surface area contributed by atoms with Gasteiger partial charge in [-0.15, -0.1) is 0 Å². The van der Waals surface area contributed by atoms with E-state index in [1.165, 1.54) is 11.1 Å². The van der Waals surface area contributed by atoms with E-state index in [0.29, 0.717) is 6.61 Å². The predicted molar refractivity (Wildman–Crippen MR) is 79.5 cm³/mol. The molecule has 0 spiro atoms. The summed E-state index contributed by atoms with van der Waals surface area (Å²) in [4.78, 5) is 0. The molecule has 2 aromatic rings. The molecule has 1 atom stereocenters. The van der Waals surface area contributed by atoms with Gasteiger partial charge < -0.3 is 10.5 Å². The predicted octanol–water partition coefficient (Wildman–Crippen LogP) is 3.70. The molecule has 0 amide bonds. The third-order valence-corrected chi connectivity index (χ3v) is 3.32. The lowest BCUT2D eigenvalue weighted by Gasteiger charge is -2.19. The fourth-order valence-corrected chi connectivity index (χ4v) is 2.35. The second kappa shape index (κ2) is 6.39. The molecule has 0 aliphatic carbocycles. The van der Waals surface area contributed by atoms with Crippen LogP contribution < -0.4 is 10.5 Å². The van der Waals surface area contributed by atoms with Gasteiger partial charge in [-0.3, -0.25) is 0 Å². The Kier molecular flexibility index (Phi) is 4.58. The van der Waals surface area contributed by atoms with Crippen LogP contribution in [0.1, 0.15) is 36.6 Å². The summed E-state index contributed by atoms with van der Waals surface area (Å²) in [6.45, 7) is 4.79. The van der Waals surface area contributed by atoms with Crippen molar-refractivity contribution in [2.75, 3.05) is 6.61 Å². The zero-order valence-corrected chi connectivity index (χ0v) is 11.6. The molecule has 2 aromatic carbocycles. The lowest BCUT2D eigenvalue weighted by atomic mass is 9.93. The molecule has 0 bridgehead atoms. The van der Waals surface area contributed by atoms with Gasteiger partial charge >= 0.3 is 0 Å². The van der Waals surface area contributed by atoms with Crippen molar-refractivity contribution in [3.63, 3.8) is 0 Å². The Hall–Kier alpha value is -1.80. The number of nitrogens with two attached hydrogens (primary N) is 1. The van der Waals surface area contributed by atoms with Crippen LogP contribution in [0, 0.1) is 0 Å². The van der Waals surface area contributed by atoms with Crippen molar-refractivity contribution in [3.05, 3.63) is 65.2 Å². The van der Waals surface area contributed by atoms with Crippen LogP contribution in [0.15, 0.2) is 48.5 Å². The zero-order chi connectivity index (χ0) is 13.7. The van der Waals surface area contributed by atoms with Crippen molar-refractivity contribution in [1.82, 2.24) is 0 Å². The highest BCUT2D eigenvalue weighted by molar-refractivity contribution is 5.43. The van der Waals surface area contributed by atoms with E-state index in [2.05, 4.69) is 25.1 Å². The third-order valence-electron chi connectivity index (χ3n) is 3.32. The molecule has 0 radical (unpaired) electrons. The van der Waals surface area contributed by atoms with Crippen LogP contribution in [0.3, 0.4) is 0 Å². The molecule has 100 valence electrons. The molecule has 2 heteroatoms. The van der Waals surface area contributed by atoms with E-state index >= 15 is 0 Å². The highest BCUT2D eigenvalue weighted by Crippen LogP contribution is 2.30. The van der Waals surface area contributed by atoms with Crippen molar-refractivity contribution in [2.24, 2.45) is 5.73 Å². The summed E-state index contributed by atoms with van der Waals surface area (Å²) in [6.07, 6.45) is 0.987. The molecule has 2 rings (SSSR count). The number of hydrogen-bond acceptors (Lipinski definition) is 2. The normalized spacial score (nSPS) is 12.2. The van der Waals surface area contributed by atoms with Gasteiger partial charge in [0.05, 0.1) is 12.6 Å². The number of aryl methyl sites for hydroxylation is 1. The van der Waals surface area contributed by atoms with E-state index in [9.17, 15) is 0 Å². The van der Waals surface area contributed by atoms with Gasteiger partial charge in [0.25, 0.3) is 0 Å². The van der Waals surface area contributed by atoms with Gasteiger partial charge in [0.2, 0.25) is 0 Å². The van der Waals surface area contributed by atoms with Crippen LogP contribution in [0.25, 0.3) is 0 Å². The highest BCUT2D eigenvalue weighted by Gasteiger charge is 2.15. The maximum atomic E-state index is 6.44. The Morgan fingerprint density at radius 2 is 1.58 bits per heavy atom. The molecule has 0 aliphatic rings. The first-order valence-electron chi connectivity index (χ1n) is 6.83. The highest BCUT2D eigenvalue weighted by atomic mass is 16.5. The fraction of sp³-hybridized carbons (Fsp3) is 0.294. The summed E-state index contributed by atoms with van der Waals surface area (Å²) in [6, 6.07) is 16.2. The summed E-state index contributed by atoms with van der Waals surface area (Å²) in [5.41, 5.74) is 9.96. The van der Waals surface area contributed by atoms with E-state index < -0.39 is 0 Å². The monoisotopic (exact) mass is 255 g/mol. The van der Waals surface area contributed by atoms with Crippen molar-refractivity contribution in [2.45, 2.75) is 26.3 Å². The fourth-order valence-electron chi connectivity index (χ4n) is 2.35. The van der Waals surface area contributed by atoms with Gasteiger partial charge in [0, 0.05) is 5.56 Å². The minimum atomic E-state index is -0.140.